The minimum Gasteiger partial charge on any atom is -0.481 e. The van der Waals surface area contributed by atoms with Gasteiger partial charge in [-0.3, -0.25) is 9.48 Å². The molecule has 1 N–H and O–H groups in total. The van der Waals surface area contributed by atoms with Crippen molar-refractivity contribution in [2.24, 2.45) is 7.05 Å². The summed E-state index contributed by atoms with van der Waals surface area (Å²) in [5.41, 5.74) is 2.65. The van der Waals surface area contributed by atoms with E-state index in [9.17, 15) is 9.90 Å². The summed E-state index contributed by atoms with van der Waals surface area (Å²) in [6.45, 7) is 0. The molecule has 4 nitrogen and oxygen atoms in total. The van der Waals surface area contributed by atoms with E-state index in [4.69, 9.17) is 0 Å². The fraction of sp³-hybridized carbons (Fsp3) is 0.176. The standard InChI is InChI=1S/C17H16N2O2/c1-19-16-10-6-5-9-13(16)15(18-19)11-14(17(20)21)12-7-3-2-4-8-12/h2-10,14H,11H2,1H3,(H,20,21). The Morgan fingerprint density at radius 1 is 1.14 bits per heavy atom. The minimum absolute atomic E-state index is 0.390. The number of fused-ring (bicyclic) bond motifs is 1. The molecular formula is C17H16N2O2. The molecule has 0 aliphatic rings. The first-order chi connectivity index (χ1) is 10.2. The maximum atomic E-state index is 11.6. The SMILES string of the molecule is Cn1nc(CC(C(=O)O)c2ccccc2)c2ccccc21. The lowest BCUT2D eigenvalue weighted by atomic mass is 9.93. The van der Waals surface area contributed by atoms with Gasteiger partial charge in [0.1, 0.15) is 0 Å². The van der Waals surface area contributed by atoms with Crippen LogP contribution < -0.4 is 0 Å². The van der Waals surface area contributed by atoms with Crippen LogP contribution in [0.2, 0.25) is 0 Å². The number of carboxylic acids is 1. The number of hydrogen-bond acceptors (Lipinski definition) is 2. The number of carbonyl (C=O) groups is 1. The van der Waals surface area contributed by atoms with E-state index in [1.807, 2.05) is 61.6 Å². The largest absolute Gasteiger partial charge is 0.481 e. The lowest BCUT2D eigenvalue weighted by Crippen LogP contribution is -2.15. The van der Waals surface area contributed by atoms with Gasteiger partial charge in [-0.2, -0.15) is 5.10 Å². The molecule has 0 amide bonds. The molecule has 3 rings (SSSR count). The number of hydrogen-bond donors (Lipinski definition) is 1. The van der Waals surface area contributed by atoms with E-state index in [-0.39, 0.29) is 0 Å². The van der Waals surface area contributed by atoms with Crippen molar-refractivity contribution in [3.8, 4) is 0 Å². The molecule has 1 heterocycles. The predicted octanol–water partition coefficient (Wildman–Crippen LogP) is 2.98. The first-order valence-corrected chi connectivity index (χ1v) is 6.85. The van der Waals surface area contributed by atoms with Crippen LogP contribution in [0.5, 0.6) is 0 Å². The van der Waals surface area contributed by atoms with Crippen molar-refractivity contribution < 1.29 is 9.90 Å². The first kappa shape index (κ1) is 13.4. The number of aromatic nitrogens is 2. The molecule has 1 atom stereocenters. The van der Waals surface area contributed by atoms with Gasteiger partial charge in [-0.25, -0.2) is 0 Å². The molecule has 0 radical (unpaired) electrons. The predicted molar refractivity (Wildman–Crippen MR) is 81.2 cm³/mol. The van der Waals surface area contributed by atoms with Gasteiger partial charge >= 0.3 is 5.97 Å². The molecule has 3 aromatic rings. The van der Waals surface area contributed by atoms with Crippen LogP contribution in [0.15, 0.2) is 54.6 Å². The molecule has 0 saturated carbocycles. The van der Waals surface area contributed by atoms with Crippen molar-refractivity contribution >= 4 is 16.9 Å². The zero-order valence-electron chi connectivity index (χ0n) is 11.7. The number of carboxylic acid groups (broad SMARTS) is 1. The maximum absolute atomic E-state index is 11.6. The van der Waals surface area contributed by atoms with Crippen LogP contribution in [0, 0.1) is 0 Å². The lowest BCUT2D eigenvalue weighted by Gasteiger charge is -2.11. The summed E-state index contributed by atoms with van der Waals surface area (Å²) in [6, 6.07) is 17.2. The van der Waals surface area contributed by atoms with Crippen LogP contribution in [0.4, 0.5) is 0 Å². The molecule has 0 saturated heterocycles. The summed E-state index contributed by atoms with van der Waals surface area (Å²) in [7, 11) is 1.88. The van der Waals surface area contributed by atoms with E-state index in [1.165, 1.54) is 0 Å². The molecule has 0 aliphatic carbocycles. The number of para-hydroxylation sites is 1. The van der Waals surface area contributed by atoms with Crippen molar-refractivity contribution in [2.75, 3.05) is 0 Å². The third-order valence-electron chi connectivity index (χ3n) is 3.73. The molecule has 4 heteroatoms. The third-order valence-corrected chi connectivity index (χ3v) is 3.73. The molecule has 21 heavy (non-hydrogen) atoms. The van der Waals surface area contributed by atoms with Gasteiger partial charge in [0, 0.05) is 18.9 Å². The fourth-order valence-electron chi connectivity index (χ4n) is 2.67. The number of nitrogens with zero attached hydrogens (tertiary/aromatic N) is 2. The molecule has 106 valence electrons. The number of rotatable bonds is 4. The van der Waals surface area contributed by atoms with E-state index >= 15 is 0 Å². The fourth-order valence-corrected chi connectivity index (χ4v) is 2.67. The highest BCUT2D eigenvalue weighted by Gasteiger charge is 2.22. The Hall–Kier alpha value is -2.62. The average molecular weight is 280 g/mol. The normalized spacial score (nSPS) is 12.4. The summed E-state index contributed by atoms with van der Waals surface area (Å²) >= 11 is 0. The molecule has 2 aromatic carbocycles. The van der Waals surface area contributed by atoms with Crippen LogP contribution in [0.25, 0.3) is 10.9 Å². The molecule has 0 fully saturated rings. The summed E-state index contributed by atoms with van der Waals surface area (Å²) in [5, 5.41) is 15.0. The summed E-state index contributed by atoms with van der Waals surface area (Å²) in [6.07, 6.45) is 0.390. The van der Waals surface area contributed by atoms with Gasteiger partial charge in [0.2, 0.25) is 0 Å². The summed E-state index contributed by atoms with van der Waals surface area (Å²) < 4.78 is 1.80. The van der Waals surface area contributed by atoms with Gasteiger partial charge in [0.25, 0.3) is 0 Å². The van der Waals surface area contributed by atoms with E-state index < -0.39 is 11.9 Å². The van der Waals surface area contributed by atoms with Gasteiger partial charge in [-0.05, 0) is 11.6 Å². The Morgan fingerprint density at radius 3 is 2.52 bits per heavy atom. The van der Waals surface area contributed by atoms with Gasteiger partial charge in [-0.1, -0.05) is 48.5 Å². The Balaban J connectivity index is 2.01. The van der Waals surface area contributed by atoms with Gasteiger partial charge in [0.15, 0.2) is 0 Å². The Kier molecular flexibility index (Phi) is 3.44. The van der Waals surface area contributed by atoms with E-state index in [0.717, 1.165) is 22.2 Å². The van der Waals surface area contributed by atoms with E-state index in [1.54, 1.807) is 4.68 Å². The smallest absolute Gasteiger partial charge is 0.311 e. The van der Waals surface area contributed by atoms with Gasteiger partial charge in [0.05, 0.1) is 17.1 Å². The van der Waals surface area contributed by atoms with Crippen molar-refractivity contribution in [3.63, 3.8) is 0 Å². The number of aryl methyl sites for hydroxylation is 1. The molecule has 1 aromatic heterocycles. The molecular weight excluding hydrogens is 264 g/mol. The second-order valence-corrected chi connectivity index (χ2v) is 5.09. The van der Waals surface area contributed by atoms with Crippen molar-refractivity contribution in [3.05, 3.63) is 65.9 Å². The molecule has 0 bridgehead atoms. The summed E-state index contributed by atoms with van der Waals surface area (Å²) in [4.78, 5) is 11.6. The van der Waals surface area contributed by atoms with Crippen molar-refractivity contribution in [1.82, 2.24) is 9.78 Å². The molecule has 0 spiro atoms. The maximum Gasteiger partial charge on any atom is 0.311 e. The highest BCUT2D eigenvalue weighted by Crippen LogP contribution is 2.25. The average Bonchev–Trinajstić information content (AvgIpc) is 2.82. The zero-order valence-corrected chi connectivity index (χ0v) is 11.7. The highest BCUT2D eigenvalue weighted by atomic mass is 16.4. The second-order valence-electron chi connectivity index (χ2n) is 5.09. The monoisotopic (exact) mass is 280 g/mol. The van der Waals surface area contributed by atoms with Crippen molar-refractivity contribution in [1.29, 1.82) is 0 Å². The lowest BCUT2D eigenvalue weighted by molar-refractivity contribution is -0.138. The zero-order chi connectivity index (χ0) is 14.8. The van der Waals surface area contributed by atoms with E-state index in [0.29, 0.717) is 6.42 Å². The summed E-state index contributed by atoms with van der Waals surface area (Å²) in [5.74, 6) is -1.40. The second kappa shape index (κ2) is 5.40. The number of aliphatic carboxylic acids is 1. The van der Waals surface area contributed by atoms with Crippen molar-refractivity contribution in [2.45, 2.75) is 12.3 Å². The molecule has 1 unspecified atom stereocenters. The Morgan fingerprint density at radius 2 is 1.81 bits per heavy atom. The molecule has 0 aliphatic heterocycles. The quantitative estimate of drug-likeness (QED) is 0.799. The van der Waals surface area contributed by atoms with E-state index in [2.05, 4.69) is 5.10 Å². The third kappa shape index (κ3) is 2.52. The van der Waals surface area contributed by atoms with Crippen LogP contribution in [0.1, 0.15) is 17.2 Å². The van der Waals surface area contributed by atoms with Crippen LogP contribution in [-0.4, -0.2) is 20.9 Å². The Labute approximate surface area is 122 Å². The topological polar surface area (TPSA) is 55.1 Å². The minimum atomic E-state index is -0.823. The first-order valence-electron chi connectivity index (χ1n) is 6.85. The van der Waals surface area contributed by atoms with Gasteiger partial charge < -0.3 is 5.11 Å². The highest BCUT2D eigenvalue weighted by molar-refractivity contribution is 5.83. The van der Waals surface area contributed by atoms with Gasteiger partial charge in [-0.15, -0.1) is 0 Å². The Bertz CT molecular complexity index is 778. The van der Waals surface area contributed by atoms with Crippen LogP contribution in [0.3, 0.4) is 0 Å². The van der Waals surface area contributed by atoms with Crippen LogP contribution in [-0.2, 0) is 18.3 Å². The van der Waals surface area contributed by atoms with Crippen LogP contribution >= 0.6 is 0 Å². The number of benzene rings is 2.